The van der Waals surface area contributed by atoms with E-state index in [-0.39, 0.29) is 5.92 Å². The van der Waals surface area contributed by atoms with Crippen molar-refractivity contribution in [3.8, 4) is 11.6 Å². The summed E-state index contributed by atoms with van der Waals surface area (Å²) < 4.78 is 5.64. The molecule has 0 spiro atoms. The van der Waals surface area contributed by atoms with Crippen molar-refractivity contribution < 1.29 is 9.84 Å². The van der Waals surface area contributed by atoms with Gasteiger partial charge in [0, 0.05) is 30.2 Å². The van der Waals surface area contributed by atoms with Crippen molar-refractivity contribution >= 4 is 11.6 Å². The molecule has 25 heavy (non-hydrogen) atoms. The highest BCUT2D eigenvalue weighted by atomic mass is 35.5. The molecule has 126 valence electrons. The Bertz CT molecular complexity index is 855. The van der Waals surface area contributed by atoms with E-state index in [4.69, 9.17) is 16.3 Å². The molecule has 0 radical (unpaired) electrons. The molecule has 0 bridgehead atoms. The van der Waals surface area contributed by atoms with Crippen LogP contribution in [0.1, 0.15) is 24.1 Å². The standard InChI is InChI=1S/C18H15ClN4O2/c19-14-3-6-17(23-9-14)25-15-4-5-16(22-10-15)18(24,12-1-2-12)13-7-20-11-21-8-13/h3-12,24H,1-2H2. The molecule has 0 saturated heterocycles. The zero-order chi connectivity index (χ0) is 17.3. The Kier molecular flexibility index (Phi) is 4.07. The number of nitrogens with zero attached hydrogens (tertiary/aromatic N) is 4. The summed E-state index contributed by atoms with van der Waals surface area (Å²) in [7, 11) is 0. The van der Waals surface area contributed by atoms with Gasteiger partial charge in [-0.2, -0.15) is 0 Å². The molecule has 0 amide bonds. The van der Waals surface area contributed by atoms with Gasteiger partial charge in [0.2, 0.25) is 5.88 Å². The van der Waals surface area contributed by atoms with Crippen LogP contribution in [0.2, 0.25) is 5.02 Å². The van der Waals surface area contributed by atoms with Gasteiger partial charge in [0.25, 0.3) is 0 Å². The summed E-state index contributed by atoms with van der Waals surface area (Å²) in [5, 5.41) is 11.8. The monoisotopic (exact) mass is 354 g/mol. The normalized spacial score (nSPS) is 16.2. The van der Waals surface area contributed by atoms with Gasteiger partial charge < -0.3 is 9.84 Å². The third kappa shape index (κ3) is 3.18. The predicted molar refractivity (Wildman–Crippen MR) is 91.3 cm³/mol. The fourth-order valence-corrected chi connectivity index (χ4v) is 2.91. The molecule has 1 atom stereocenters. The second-order valence-corrected chi connectivity index (χ2v) is 6.40. The third-order valence-electron chi connectivity index (χ3n) is 4.22. The largest absolute Gasteiger partial charge is 0.437 e. The topological polar surface area (TPSA) is 81.0 Å². The van der Waals surface area contributed by atoms with Gasteiger partial charge in [-0.25, -0.2) is 15.0 Å². The summed E-state index contributed by atoms with van der Waals surface area (Å²) in [6, 6.07) is 6.90. The van der Waals surface area contributed by atoms with Gasteiger partial charge >= 0.3 is 0 Å². The average molecular weight is 355 g/mol. The lowest BCUT2D eigenvalue weighted by atomic mass is 9.87. The zero-order valence-electron chi connectivity index (χ0n) is 13.2. The Balaban J connectivity index is 1.61. The fraction of sp³-hybridized carbons (Fsp3) is 0.222. The molecule has 7 heteroatoms. The molecule has 1 fully saturated rings. The van der Waals surface area contributed by atoms with Crippen LogP contribution in [0.15, 0.2) is 55.4 Å². The Morgan fingerprint density at radius 3 is 2.40 bits per heavy atom. The summed E-state index contributed by atoms with van der Waals surface area (Å²) in [6.45, 7) is 0. The summed E-state index contributed by atoms with van der Waals surface area (Å²) in [5.41, 5.74) is 0.0254. The number of pyridine rings is 2. The highest BCUT2D eigenvalue weighted by molar-refractivity contribution is 6.30. The summed E-state index contributed by atoms with van der Waals surface area (Å²) in [5.74, 6) is 1.07. The molecule has 0 aromatic carbocycles. The van der Waals surface area contributed by atoms with Crippen LogP contribution in [0.5, 0.6) is 11.6 Å². The SMILES string of the molecule is OC(c1cncnc1)(c1ccc(Oc2ccc(Cl)cn2)cn1)C1CC1. The molecule has 6 nitrogen and oxygen atoms in total. The summed E-state index contributed by atoms with van der Waals surface area (Å²) >= 11 is 5.81. The fourth-order valence-electron chi connectivity index (χ4n) is 2.80. The number of ether oxygens (including phenoxy) is 1. The van der Waals surface area contributed by atoms with Gasteiger partial charge in [0.15, 0.2) is 0 Å². The second-order valence-electron chi connectivity index (χ2n) is 5.96. The molecule has 3 aromatic heterocycles. The van der Waals surface area contributed by atoms with Crippen LogP contribution in [0.4, 0.5) is 0 Å². The highest BCUT2D eigenvalue weighted by Crippen LogP contribution is 2.48. The summed E-state index contributed by atoms with van der Waals surface area (Å²) in [4.78, 5) is 16.5. The van der Waals surface area contributed by atoms with Crippen molar-refractivity contribution in [3.63, 3.8) is 0 Å². The lowest BCUT2D eigenvalue weighted by Crippen LogP contribution is -2.31. The molecule has 4 rings (SSSR count). The lowest BCUT2D eigenvalue weighted by Gasteiger charge is -2.27. The van der Waals surface area contributed by atoms with E-state index in [2.05, 4.69) is 19.9 Å². The molecule has 3 heterocycles. The van der Waals surface area contributed by atoms with Crippen LogP contribution in [-0.2, 0) is 5.60 Å². The van der Waals surface area contributed by atoms with Crippen molar-refractivity contribution in [1.29, 1.82) is 0 Å². The molecule has 1 saturated carbocycles. The predicted octanol–water partition coefficient (Wildman–Crippen LogP) is 3.36. The van der Waals surface area contributed by atoms with E-state index in [1.807, 2.05) is 0 Å². The minimum absolute atomic E-state index is 0.121. The minimum atomic E-state index is -1.18. The van der Waals surface area contributed by atoms with Crippen LogP contribution in [0.3, 0.4) is 0 Å². The zero-order valence-corrected chi connectivity index (χ0v) is 14.0. The van der Waals surface area contributed by atoms with E-state index >= 15 is 0 Å². The lowest BCUT2D eigenvalue weighted by molar-refractivity contribution is 0.0511. The van der Waals surface area contributed by atoms with E-state index in [9.17, 15) is 5.11 Å². The minimum Gasteiger partial charge on any atom is -0.437 e. The first-order valence-electron chi connectivity index (χ1n) is 7.90. The first-order chi connectivity index (χ1) is 12.2. The highest BCUT2D eigenvalue weighted by Gasteiger charge is 2.48. The Hall–Kier alpha value is -2.57. The maximum atomic E-state index is 11.3. The number of hydrogen-bond acceptors (Lipinski definition) is 6. The van der Waals surface area contributed by atoms with Crippen LogP contribution < -0.4 is 4.74 Å². The Morgan fingerprint density at radius 2 is 1.80 bits per heavy atom. The van der Waals surface area contributed by atoms with Crippen molar-refractivity contribution in [1.82, 2.24) is 19.9 Å². The Morgan fingerprint density at radius 1 is 1.00 bits per heavy atom. The van der Waals surface area contributed by atoms with Crippen LogP contribution in [-0.4, -0.2) is 25.0 Å². The van der Waals surface area contributed by atoms with E-state index in [1.54, 1.807) is 42.9 Å². The van der Waals surface area contributed by atoms with E-state index in [0.29, 0.717) is 27.9 Å². The van der Waals surface area contributed by atoms with Crippen LogP contribution >= 0.6 is 11.6 Å². The van der Waals surface area contributed by atoms with Crippen molar-refractivity contribution in [2.75, 3.05) is 0 Å². The number of rotatable bonds is 5. The number of hydrogen-bond donors (Lipinski definition) is 1. The van der Waals surface area contributed by atoms with Crippen molar-refractivity contribution in [2.45, 2.75) is 18.4 Å². The number of halogens is 1. The molecular weight excluding hydrogens is 340 g/mol. The average Bonchev–Trinajstić information content (AvgIpc) is 3.50. The van der Waals surface area contributed by atoms with Gasteiger partial charge in [-0.15, -0.1) is 0 Å². The maximum absolute atomic E-state index is 11.3. The van der Waals surface area contributed by atoms with Gasteiger partial charge in [0.1, 0.15) is 17.7 Å². The van der Waals surface area contributed by atoms with Gasteiger partial charge in [-0.1, -0.05) is 11.6 Å². The van der Waals surface area contributed by atoms with Crippen molar-refractivity contribution in [2.24, 2.45) is 5.92 Å². The van der Waals surface area contributed by atoms with Crippen LogP contribution in [0.25, 0.3) is 0 Å². The molecule has 1 N–H and O–H groups in total. The maximum Gasteiger partial charge on any atom is 0.219 e. The molecule has 1 aliphatic carbocycles. The van der Waals surface area contributed by atoms with Gasteiger partial charge in [-0.3, -0.25) is 4.98 Å². The number of aromatic nitrogens is 4. The van der Waals surface area contributed by atoms with Gasteiger partial charge in [0.05, 0.1) is 16.9 Å². The summed E-state index contributed by atoms with van der Waals surface area (Å²) in [6.07, 6.45) is 9.69. The molecule has 1 aliphatic rings. The van der Waals surface area contributed by atoms with Crippen LogP contribution in [0, 0.1) is 5.92 Å². The smallest absolute Gasteiger partial charge is 0.219 e. The molecule has 3 aromatic rings. The van der Waals surface area contributed by atoms with E-state index < -0.39 is 5.60 Å². The molecular formula is C18H15ClN4O2. The van der Waals surface area contributed by atoms with Gasteiger partial charge in [-0.05, 0) is 37.0 Å². The first-order valence-corrected chi connectivity index (χ1v) is 8.28. The third-order valence-corrected chi connectivity index (χ3v) is 4.44. The Labute approximate surface area is 149 Å². The molecule has 1 unspecified atom stereocenters. The van der Waals surface area contributed by atoms with Crippen molar-refractivity contribution in [3.05, 3.63) is 71.7 Å². The molecule has 0 aliphatic heterocycles. The number of aliphatic hydroxyl groups is 1. The van der Waals surface area contributed by atoms with E-state index in [0.717, 1.165) is 12.8 Å². The second kappa shape index (κ2) is 6.38. The quantitative estimate of drug-likeness (QED) is 0.756. The van der Waals surface area contributed by atoms with E-state index in [1.165, 1.54) is 12.5 Å². The first kappa shape index (κ1) is 15.9.